The Labute approximate surface area is 147 Å². The number of sulfonamides is 1. The molecule has 0 aliphatic heterocycles. The molecule has 1 aromatic heterocycles. The highest BCUT2D eigenvalue weighted by Crippen LogP contribution is 2.22. The third-order valence-electron chi connectivity index (χ3n) is 2.95. The SMILES string of the molecule is O=C(CNS(=O)(=O)c1cccs1)NC(C(=O)O)c1ccccc1Cl. The Bertz CT molecular complexity index is 837. The maximum Gasteiger partial charge on any atom is 0.330 e. The number of halogens is 1. The van der Waals surface area contributed by atoms with Gasteiger partial charge in [0, 0.05) is 10.6 Å². The lowest BCUT2D eigenvalue weighted by Crippen LogP contribution is -2.40. The minimum Gasteiger partial charge on any atom is -0.479 e. The summed E-state index contributed by atoms with van der Waals surface area (Å²) < 4.78 is 26.0. The van der Waals surface area contributed by atoms with Crippen LogP contribution in [0.1, 0.15) is 11.6 Å². The molecule has 2 aromatic rings. The number of hydrogen-bond acceptors (Lipinski definition) is 5. The first-order valence-corrected chi connectivity index (χ1v) is 9.35. The molecule has 0 aliphatic carbocycles. The molecule has 24 heavy (non-hydrogen) atoms. The molecule has 1 aromatic carbocycles. The van der Waals surface area contributed by atoms with Crippen LogP contribution in [0, 0.1) is 0 Å². The lowest BCUT2D eigenvalue weighted by Gasteiger charge is -2.16. The number of amides is 1. The van der Waals surface area contributed by atoms with Crippen molar-refractivity contribution in [3.05, 3.63) is 52.4 Å². The Morgan fingerprint density at radius 1 is 1.21 bits per heavy atom. The van der Waals surface area contributed by atoms with Gasteiger partial charge in [0.15, 0.2) is 6.04 Å². The predicted octanol–water partition coefficient (Wildman–Crippen LogP) is 1.62. The molecule has 3 N–H and O–H groups in total. The van der Waals surface area contributed by atoms with Crippen LogP contribution in [0.4, 0.5) is 0 Å². The molecule has 2 rings (SSSR count). The van der Waals surface area contributed by atoms with Crippen LogP contribution >= 0.6 is 22.9 Å². The Hall–Kier alpha value is -1.94. The number of carboxylic acids is 1. The van der Waals surface area contributed by atoms with Crippen molar-refractivity contribution in [2.75, 3.05) is 6.54 Å². The zero-order valence-electron chi connectivity index (χ0n) is 12.1. The summed E-state index contributed by atoms with van der Waals surface area (Å²) in [5, 5.41) is 13.3. The number of aliphatic carboxylic acids is 1. The van der Waals surface area contributed by atoms with Crippen molar-refractivity contribution in [3.8, 4) is 0 Å². The van der Waals surface area contributed by atoms with Crippen molar-refractivity contribution in [3.63, 3.8) is 0 Å². The highest BCUT2D eigenvalue weighted by atomic mass is 35.5. The van der Waals surface area contributed by atoms with Crippen molar-refractivity contribution < 1.29 is 23.1 Å². The fraction of sp³-hybridized carbons (Fsp3) is 0.143. The first-order chi connectivity index (χ1) is 11.3. The highest BCUT2D eigenvalue weighted by molar-refractivity contribution is 7.91. The monoisotopic (exact) mass is 388 g/mol. The third kappa shape index (κ3) is 4.54. The van der Waals surface area contributed by atoms with Crippen molar-refractivity contribution in [1.82, 2.24) is 10.0 Å². The number of nitrogens with one attached hydrogen (secondary N) is 2. The second-order valence-electron chi connectivity index (χ2n) is 4.62. The Kier molecular flexibility index (Phi) is 5.94. The van der Waals surface area contributed by atoms with E-state index < -0.39 is 34.5 Å². The number of carboxylic acid groups (broad SMARTS) is 1. The molecular weight excluding hydrogens is 376 g/mol. The topological polar surface area (TPSA) is 113 Å². The molecule has 1 amide bonds. The molecule has 1 unspecified atom stereocenters. The number of carbonyl (C=O) groups is 2. The van der Waals surface area contributed by atoms with E-state index in [4.69, 9.17) is 11.6 Å². The summed E-state index contributed by atoms with van der Waals surface area (Å²) in [5.74, 6) is -2.10. The van der Waals surface area contributed by atoms with E-state index in [-0.39, 0.29) is 14.8 Å². The average Bonchev–Trinajstić information content (AvgIpc) is 3.07. The molecule has 0 saturated heterocycles. The molecule has 0 saturated carbocycles. The quantitative estimate of drug-likeness (QED) is 0.667. The second-order valence-corrected chi connectivity index (χ2v) is 7.97. The molecule has 7 nitrogen and oxygen atoms in total. The van der Waals surface area contributed by atoms with Gasteiger partial charge < -0.3 is 10.4 Å². The molecule has 128 valence electrons. The zero-order valence-corrected chi connectivity index (χ0v) is 14.5. The summed E-state index contributed by atoms with van der Waals surface area (Å²) in [5.41, 5.74) is 0.209. The van der Waals surface area contributed by atoms with Crippen LogP contribution in [0.25, 0.3) is 0 Å². The molecule has 0 radical (unpaired) electrons. The average molecular weight is 389 g/mol. The van der Waals surface area contributed by atoms with Gasteiger partial charge in [-0.25, -0.2) is 17.9 Å². The Morgan fingerprint density at radius 2 is 1.92 bits per heavy atom. The van der Waals surface area contributed by atoms with E-state index in [1.54, 1.807) is 23.6 Å². The van der Waals surface area contributed by atoms with Gasteiger partial charge in [-0.2, -0.15) is 0 Å². The van der Waals surface area contributed by atoms with Gasteiger partial charge in [0.25, 0.3) is 10.0 Å². The summed E-state index contributed by atoms with van der Waals surface area (Å²) in [6.07, 6.45) is 0. The van der Waals surface area contributed by atoms with E-state index in [1.807, 2.05) is 0 Å². The molecule has 1 atom stereocenters. The van der Waals surface area contributed by atoms with Crippen LogP contribution < -0.4 is 10.0 Å². The van der Waals surface area contributed by atoms with Crippen molar-refractivity contribution in [2.24, 2.45) is 0 Å². The van der Waals surface area contributed by atoms with Crippen LogP contribution in [-0.2, 0) is 19.6 Å². The van der Waals surface area contributed by atoms with E-state index in [0.717, 1.165) is 11.3 Å². The van der Waals surface area contributed by atoms with Crippen LogP contribution in [0.5, 0.6) is 0 Å². The van der Waals surface area contributed by atoms with Gasteiger partial charge in [0.1, 0.15) is 4.21 Å². The fourth-order valence-electron chi connectivity index (χ4n) is 1.84. The van der Waals surface area contributed by atoms with E-state index in [1.165, 1.54) is 18.2 Å². The number of carbonyl (C=O) groups excluding carboxylic acids is 1. The minimum atomic E-state index is -3.81. The van der Waals surface area contributed by atoms with Gasteiger partial charge in [-0.15, -0.1) is 11.3 Å². The smallest absolute Gasteiger partial charge is 0.330 e. The number of benzene rings is 1. The fourth-order valence-corrected chi connectivity index (χ4v) is 4.11. The largest absolute Gasteiger partial charge is 0.479 e. The van der Waals surface area contributed by atoms with Gasteiger partial charge in [0.05, 0.1) is 6.54 Å². The summed E-state index contributed by atoms with van der Waals surface area (Å²) in [6.45, 7) is -0.589. The summed E-state index contributed by atoms with van der Waals surface area (Å²) in [6, 6.07) is 7.77. The lowest BCUT2D eigenvalue weighted by molar-refractivity contribution is -0.141. The van der Waals surface area contributed by atoms with Gasteiger partial charge in [-0.1, -0.05) is 35.9 Å². The molecule has 0 fully saturated rings. The molecule has 0 bridgehead atoms. The molecule has 0 spiro atoms. The molecule has 1 heterocycles. The van der Waals surface area contributed by atoms with Gasteiger partial charge in [-0.05, 0) is 17.5 Å². The van der Waals surface area contributed by atoms with E-state index >= 15 is 0 Å². The van der Waals surface area contributed by atoms with Crippen LogP contribution in [-0.4, -0.2) is 31.9 Å². The normalized spacial score (nSPS) is 12.5. The van der Waals surface area contributed by atoms with Gasteiger partial charge in [-0.3, -0.25) is 4.79 Å². The summed E-state index contributed by atoms with van der Waals surface area (Å²) in [4.78, 5) is 23.3. The predicted molar refractivity (Wildman–Crippen MR) is 89.5 cm³/mol. The zero-order chi connectivity index (χ0) is 17.7. The van der Waals surface area contributed by atoms with E-state index in [9.17, 15) is 23.1 Å². The van der Waals surface area contributed by atoms with Crippen molar-refractivity contribution >= 4 is 44.8 Å². The Balaban J connectivity index is 2.05. The van der Waals surface area contributed by atoms with E-state index in [0.29, 0.717) is 0 Å². The summed E-state index contributed by atoms with van der Waals surface area (Å²) >= 11 is 6.94. The number of hydrogen-bond donors (Lipinski definition) is 3. The van der Waals surface area contributed by atoms with Gasteiger partial charge in [0.2, 0.25) is 5.91 Å². The van der Waals surface area contributed by atoms with Crippen molar-refractivity contribution in [1.29, 1.82) is 0 Å². The number of thiophene rings is 1. The summed E-state index contributed by atoms with van der Waals surface area (Å²) in [7, 11) is -3.81. The van der Waals surface area contributed by atoms with Crippen LogP contribution in [0.15, 0.2) is 46.0 Å². The van der Waals surface area contributed by atoms with Crippen molar-refractivity contribution in [2.45, 2.75) is 10.3 Å². The molecular formula is C14H13ClN2O5S2. The Morgan fingerprint density at radius 3 is 2.50 bits per heavy atom. The van der Waals surface area contributed by atoms with Crippen LogP contribution in [0.3, 0.4) is 0 Å². The van der Waals surface area contributed by atoms with Crippen LogP contribution in [0.2, 0.25) is 5.02 Å². The van der Waals surface area contributed by atoms with Gasteiger partial charge >= 0.3 is 5.97 Å². The first-order valence-electron chi connectivity index (χ1n) is 6.61. The second kappa shape index (κ2) is 7.75. The number of rotatable bonds is 7. The maximum absolute atomic E-state index is 11.9. The van der Waals surface area contributed by atoms with E-state index in [2.05, 4.69) is 10.0 Å². The first kappa shape index (κ1) is 18.4. The third-order valence-corrected chi connectivity index (χ3v) is 6.09. The standard InChI is InChI=1S/C14H13ClN2O5S2/c15-10-5-2-1-4-9(10)13(14(19)20)17-11(18)8-16-24(21,22)12-6-3-7-23-12/h1-7,13,16H,8H2,(H,17,18)(H,19,20). The minimum absolute atomic E-state index is 0.0659. The molecule has 10 heteroatoms. The maximum atomic E-state index is 11.9. The molecule has 0 aliphatic rings. The lowest BCUT2D eigenvalue weighted by atomic mass is 10.1. The highest BCUT2D eigenvalue weighted by Gasteiger charge is 2.25.